The first-order chi connectivity index (χ1) is 15.5. The fourth-order valence-electron chi connectivity index (χ4n) is 4.12. The summed E-state index contributed by atoms with van der Waals surface area (Å²) in [7, 11) is -3.89. The highest BCUT2D eigenvalue weighted by atomic mass is 32.2. The maximum atomic E-state index is 12.9. The van der Waals surface area contributed by atoms with Crippen LogP contribution in [-0.4, -0.2) is 21.1 Å². The quantitative estimate of drug-likeness (QED) is 0.612. The highest BCUT2D eigenvalue weighted by molar-refractivity contribution is 7.92. The third-order valence-electron chi connectivity index (χ3n) is 5.71. The van der Waals surface area contributed by atoms with Gasteiger partial charge in [0.2, 0.25) is 6.79 Å². The van der Waals surface area contributed by atoms with Gasteiger partial charge in [0.1, 0.15) is 0 Å². The van der Waals surface area contributed by atoms with Gasteiger partial charge in [0, 0.05) is 11.6 Å². The molecule has 0 saturated heterocycles. The normalized spacial score (nSPS) is 16.8. The van der Waals surface area contributed by atoms with Crippen molar-refractivity contribution in [3.63, 3.8) is 0 Å². The summed E-state index contributed by atoms with van der Waals surface area (Å²) >= 11 is 0. The molecule has 1 atom stereocenters. The minimum atomic E-state index is -3.89. The van der Waals surface area contributed by atoms with Crippen molar-refractivity contribution in [2.75, 3.05) is 11.5 Å². The molecule has 8 heteroatoms. The first kappa shape index (κ1) is 20.4. The third kappa shape index (κ3) is 4.01. The number of rotatable bonds is 5. The molecule has 3 aromatic rings. The molecule has 3 aromatic carbocycles. The van der Waals surface area contributed by atoms with E-state index in [1.165, 1.54) is 17.7 Å². The Morgan fingerprint density at radius 1 is 0.938 bits per heavy atom. The highest BCUT2D eigenvalue weighted by Crippen LogP contribution is 2.35. The Bertz CT molecular complexity index is 1290. The molecule has 0 unspecified atom stereocenters. The Labute approximate surface area is 186 Å². The number of aryl methyl sites for hydroxylation is 1. The van der Waals surface area contributed by atoms with Crippen LogP contribution >= 0.6 is 0 Å². The number of nitrogens with one attached hydrogen (secondary N) is 2. The number of carbonyl (C=O) groups excluding carboxylic acids is 1. The largest absolute Gasteiger partial charge is 0.454 e. The number of carbonyl (C=O) groups is 1. The Hall–Kier alpha value is -3.52. The molecule has 0 saturated carbocycles. The maximum Gasteiger partial charge on any atom is 0.261 e. The molecule has 32 heavy (non-hydrogen) atoms. The zero-order valence-electron chi connectivity index (χ0n) is 17.2. The van der Waals surface area contributed by atoms with E-state index in [2.05, 4.69) is 16.1 Å². The van der Waals surface area contributed by atoms with Crippen molar-refractivity contribution in [3.8, 4) is 11.5 Å². The average molecular weight is 451 g/mol. The van der Waals surface area contributed by atoms with Gasteiger partial charge < -0.3 is 14.8 Å². The smallest absolute Gasteiger partial charge is 0.261 e. The van der Waals surface area contributed by atoms with Gasteiger partial charge in [-0.2, -0.15) is 0 Å². The molecule has 2 N–H and O–H groups in total. The predicted octanol–water partition coefficient (Wildman–Crippen LogP) is 4.02. The lowest BCUT2D eigenvalue weighted by molar-refractivity contribution is 0.0932. The summed E-state index contributed by atoms with van der Waals surface area (Å²) in [6.07, 6.45) is 2.85. The van der Waals surface area contributed by atoms with Gasteiger partial charge in [0.15, 0.2) is 11.5 Å². The molecular formula is C24H22N2O5S. The van der Waals surface area contributed by atoms with Crippen LogP contribution in [0, 0.1) is 0 Å². The molecule has 0 spiro atoms. The molecule has 1 aliphatic heterocycles. The van der Waals surface area contributed by atoms with Crippen molar-refractivity contribution in [1.29, 1.82) is 0 Å². The molecule has 0 radical (unpaired) electrons. The summed E-state index contributed by atoms with van der Waals surface area (Å²) in [5.41, 5.74) is 3.01. The van der Waals surface area contributed by atoms with E-state index in [0.717, 1.165) is 24.8 Å². The minimum Gasteiger partial charge on any atom is -0.454 e. The maximum absolute atomic E-state index is 12.9. The molecule has 164 valence electrons. The van der Waals surface area contributed by atoms with Gasteiger partial charge in [0.05, 0.1) is 16.6 Å². The summed E-state index contributed by atoms with van der Waals surface area (Å²) in [6, 6.07) is 18.9. The van der Waals surface area contributed by atoms with Crippen LogP contribution in [0.25, 0.3) is 0 Å². The molecular weight excluding hydrogens is 428 g/mol. The monoisotopic (exact) mass is 450 g/mol. The summed E-state index contributed by atoms with van der Waals surface area (Å²) < 4.78 is 38.9. The van der Waals surface area contributed by atoms with E-state index in [-0.39, 0.29) is 23.6 Å². The number of sulfonamides is 1. The van der Waals surface area contributed by atoms with Crippen molar-refractivity contribution in [3.05, 3.63) is 83.4 Å². The Morgan fingerprint density at radius 3 is 2.69 bits per heavy atom. The van der Waals surface area contributed by atoms with E-state index >= 15 is 0 Å². The summed E-state index contributed by atoms with van der Waals surface area (Å²) in [5, 5.41) is 3.06. The molecule has 0 fully saturated rings. The number of hydrogen-bond acceptors (Lipinski definition) is 5. The van der Waals surface area contributed by atoms with E-state index in [0.29, 0.717) is 22.7 Å². The summed E-state index contributed by atoms with van der Waals surface area (Å²) in [4.78, 5) is 12.9. The fraction of sp³-hybridized carbons (Fsp3) is 0.208. The SMILES string of the molecule is O=C(N[C@H]1CCCc2ccccc21)c1cccc(S(=O)(=O)Nc2ccc3c(c2)OCO3)c1. The second-order valence-corrected chi connectivity index (χ2v) is 9.50. The number of benzene rings is 3. The Kier molecular flexibility index (Phi) is 5.22. The van der Waals surface area contributed by atoms with Crippen LogP contribution in [0.1, 0.15) is 40.4 Å². The first-order valence-electron chi connectivity index (χ1n) is 10.4. The third-order valence-corrected chi connectivity index (χ3v) is 7.09. The predicted molar refractivity (Wildman–Crippen MR) is 119 cm³/mol. The number of hydrogen-bond donors (Lipinski definition) is 2. The van der Waals surface area contributed by atoms with Crippen molar-refractivity contribution < 1.29 is 22.7 Å². The fourth-order valence-corrected chi connectivity index (χ4v) is 5.22. The lowest BCUT2D eigenvalue weighted by Gasteiger charge is -2.26. The van der Waals surface area contributed by atoms with Gasteiger partial charge in [0.25, 0.3) is 15.9 Å². The van der Waals surface area contributed by atoms with Crippen LogP contribution in [-0.2, 0) is 16.4 Å². The van der Waals surface area contributed by atoms with E-state index < -0.39 is 10.0 Å². The van der Waals surface area contributed by atoms with Gasteiger partial charge in [-0.3, -0.25) is 9.52 Å². The van der Waals surface area contributed by atoms with E-state index in [1.807, 2.05) is 18.2 Å². The molecule has 0 aromatic heterocycles. The number of ether oxygens (including phenoxy) is 2. The van der Waals surface area contributed by atoms with Crippen molar-refractivity contribution in [1.82, 2.24) is 5.32 Å². The molecule has 0 bridgehead atoms. The van der Waals surface area contributed by atoms with Gasteiger partial charge in [-0.05, 0) is 60.7 Å². The standard InChI is InChI=1S/C24H22N2O5S/c27-24(25-21-10-4-6-16-5-1-2-9-20(16)21)17-7-3-8-19(13-17)32(28,29)26-18-11-12-22-23(14-18)31-15-30-22/h1-3,5,7-9,11-14,21,26H,4,6,10,15H2,(H,25,27)/t21-/m0/s1. The van der Waals surface area contributed by atoms with Crippen LogP contribution < -0.4 is 19.5 Å². The van der Waals surface area contributed by atoms with Crippen LogP contribution in [0.5, 0.6) is 11.5 Å². The topological polar surface area (TPSA) is 93.7 Å². The van der Waals surface area contributed by atoms with Crippen molar-refractivity contribution >= 4 is 21.6 Å². The van der Waals surface area contributed by atoms with E-state index in [1.54, 1.807) is 30.3 Å². The molecule has 1 heterocycles. The van der Waals surface area contributed by atoms with Crippen molar-refractivity contribution in [2.24, 2.45) is 0 Å². The van der Waals surface area contributed by atoms with Gasteiger partial charge >= 0.3 is 0 Å². The average Bonchev–Trinajstić information content (AvgIpc) is 3.27. The Morgan fingerprint density at radius 2 is 1.78 bits per heavy atom. The number of amides is 1. The first-order valence-corrected chi connectivity index (χ1v) is 11.9. The zero-order valence-corrected chi connectivity index (χ0v) is 18.0. The Balaban J connectivity index is 1.34. The van der Waals surface area contributed by atoms with Gasteiger partial charge in [-0.1, -0.05) is 30.3 Å². The molecule has 7 nitrogen and oxygen atoms in total. The second kappa shape index (κ2) is 8.20. The lowest BCUT2D eigenvalue weighted by atomic mass is 9.87. The summed E-state index contributed by atoms with van der Waals surface area (Å²) in [5.74, 6) is 0.744. The van der Waals surface area contributed by atoms with Gasteiger partial charge in [-0.15, -0.1) is 0 Å². The van der Waals surface area contributed by atoms with Crippen molar-refractivity contribution in [2.45, 2.75) is 30.2 Å². The summed E-state index contributed by atoms with van der Waals surface area (Å²) in [6.45, 7) is 0.105. The number of fused-ring (bicyclic) bond motifs is 2. The van der Waals surface area contributed by atoms with Crippen LogP contribution in [0.3, 0.4) is 0 Å². The molecule has 1 aliphatic carbocycles. The van der Waals surface area contributed by atoms with Crippen LogP contribution in [0.4, 0.5) is 5.69 Å². The number of anilines is 1. The van der Waals surface area contributed by atoms with Crippen LogP contribution in [0.15, 0.2) is 71.6 Å². The molecule has 5 rings (SSSR count). The van der Waals surface area contributed by atoms with E-state index in [9.17, 15) is 13.2 Å². The van der Waals surface area contributed by atoms with E-state index in [4.69, 9.17) is 9.47 Å². The highest BCUT2D eigenvalue weighted by Gasteiger charge is 2.23. The molecule has 2 aliphatic rings. The van der Waals surface area contributed by atoms with Crippen LogP contribution in [0.2, 0.25) is 0 Å². The minimum absolute atomic E-state index is 0.00635. The lowest BCUT2D eigenvalue weighted by Crippen LogP contribution is -2.31. The van der Waals surface area contributed by atoms with Gasteiger partial charge in [-0.25, -0.2) is 8.42 Å². The molecule has 1 amide bonds. The second-order valence-electron chi connectivity index (χ2n) is 7.82. The zero-order chi connectivity index (χ0) is 22.1.